The number of aliphatic hydroxyl groups excluding tert-OH is 1. The number of amides is 4. The lowest BCUT2D eigenvalue weighted by atomic mass is 10.0. The number of carbonyl (C=O) groups is 5. The number of hydrogen-bond donors (Lipinski definition) is 7. The van der Waals surface area contributed by atoms with Crippen molar-refractivity contribution in [2.24, 2.45) is 11.5 Å². The van der Waals surface area contributed by atoms with Crippen LogP contribution >= 0.6 is 0 Å². The summed E-state index contributed by atoms with van der Waals surface area (Å²) in [7, 11) is 0. The number of nitrogens with zero attached hydrogens (tertiary/aromatic N) is 1. The zero-order chi connectivity index (χ0) is 28.0. The molecule has 206 valence electrons. The number of carboxylic acids is 1. The fraction of sp³-hybridized carbons (Fsp3) is 0.480. The number of H-pyrrole nitrogens is 1. The van der Waals surface area contributed by atoms with Crippen molar-refractivity contribution in [3.05, 3.63) is 36.0 Å². The van der Waals surface area contributed by atoms with Crippen LogP contribution in [0.4, 0.5) is 0 Å². The number of hydrogen-bond acceptors (Lipinski definition) is 7. The maximum atomic E-state index is 13.4. The van der Waals surface area contributed by atoms with Gasteiger partial charge in [0.25, 0.3) is 0 Å². The highest BCUT2D eigenvalue weighted by Gasteiger charge is 2.40. The summed E-state index contributed by atoms with van der Waals surface area (Å²) in [5.41, 5.74) is 12.5. The molecule has 4 amide bonds. The number of aliphatic carboxylic acids is 1. The Bertz CT molecular complexity index is 1200. The Morgan fingerprint density at radius 1 is 1.16 bits per heavy atom. The highest BCUT2D eigenvalue weighted by molar-refractivity contribution is 5.95. The van der Waals surface area contributed by atoms with E-state index in [1.165, 1.54) is 6.92 Å². The van der Waals surface area contributed by atoms with Crippen LogP contribution in [0.1, 0.15) is 38.2 Å². The van der Waals surface area contributed by atoms with E-state index in [4.69, 9.17) is 11.5 Å². The number of nitrogens with one attached hydrogen (secondary N) is 3. The molecule has 2 aromatic rings. The second kappa shape index (κ2) is 12.5. The van der Waals surface area contributed by atoms with Gasteiger partial charge in [0, 0.05) is 36.5 Å². The fourth-order valence-electron chi connectivity index (χ4n) is 4.55. The Morgan fingerprint density at radius 3 is 2.53 bits per heavy atom. The lowest BCUT2D eigenvalue weighted by molar-refractivity contribution is -0.150. The highest BCUT2D eigenvalue weighted by atomic mass is 16.4. The fourth-order valence-corrected chi connectivity index (χ4v) is 4.55. The Morgan fingerprint density at radius 2 is 1.87 bits per heavy atom. The van der Waals surface area contributed by atoms with Crippen molar-refractivity contribution >= 4 is 40.5 Å². The number of nitrogens with two attached hydrogens (primary N) is 2. The second-order valence-electron chi connectivity index (χ2n) is 9.49. The molecule has 0 aliphatic carbocycles. The smallest absolute Gasteiger partial charge is 0.326 e. The molecule has 1 aliphatic rings. The molecule has 0 spiro atoms. The molecule has 1 fully saturated rings. The van der Waals surface area contributed by atoms with Gasteiger partial charge in [0.2, 0.25) is 23.6 Å². The van der Waals surface area contributed by atoms with Crippen LogP contribution in [0.15, 0.2) is 30.5 Å². The van der Waals surface area contributed by atoms with Gasteiger partial charge < -0.3 is 42.2 Å². The maximum Gasteiger partial charge on any atom is 0.326 e. The van der Waals surface area contributed by atoms with Gasteiger partial charge in [0.05, 0.1) is 12.1 Å². The lowest BCUT2D eigenvalue weighted by Gasteiger charge is -2.30. The van der Waals surface area contributed by atoms with Crippen LogP contribution < -0.4 is 22.1 Å². The van der Waals surface area contributed by atoms with E-state index >= 15 is 0 Å². The van der Waals surface area contributed by atoms with E-state index in [0.29, 0.717) is 12.0 Å². The van der Waals surface area contributed by atoms with Gasteiger partial charge in [0.15, 0.2) is 0 Å². The van der Waals surface area contributed by atoms with E-state index < -0.39 is 59.9 Å². The van der Waals surface area contributed by atoms with Crippen LogP contribution in [0, 0.1) is 0 Å². The van der Waals surface area contributed by atoms with Crippen LogP contribution in [0.25, 0.3) is 10.9 Å². The average Bonchev–Trinajstić information content (AvgIpc) is 3.52. The summed E-state index contributed by atoms with van der Waals surface area (Å²) in [6.45, 7) is 1.49. The second-order valence-corrected chi connectivity index (χ2v) is 9.49. The molecular formula is C25H34N6O7. The highest BCUT2D eigenvalue weighted by Crippen LogP contribution is 2.21. The minimum absolute atomic E-state index is 0.0202. The minimum atomic E-state index is -1.44. The van der Waals surface area contributed by atoms with E-state index in [1.54, 1.807) is 6.20 Å². The lowest BCUT2D eigenvalue weighted by Crippen LogP contribution is -2.60. The topological polar surface area (TPSA) is 221 Å². The molecule has 1 saturated heterocycles. The average molecular weight is 531 g/mol. The summed E-state index contributed by atoms with van der Waals surface area (Å²) in [5.74, 6) is -3.98. The molecule has 3 rings (SSSR count). The summed E-state index contributed by atoms with van der Waals surface area (Å²) < 4.78 is 0. The van der Waals surface area contributed by atoms with Crippen LogP contribution in [0.3, 0.4) is 0 Å². The first-order valence-corrected chi connectivity index (χ1v) is 12.4. The molecule has 0 radical (unpaired) electrons. The number of rotatable bonds is 12. The number of aromatic amines is 1. The summed E-state index contributed by atoms with van der Waals surface area (Å²) >= 11 is 0. The molecule has 5 atom stereocenters. The first kappa shape index (κ1) is 28.6. The standard InChI is InChI=1S/C25H34N6O7/c1-13(32)21(24(36)31-10-4-7-19(31)25(37)38)30-23(35)18(29-22(34)16(26)8-9-20(27)33)11-14-12-28-17-6-3-2-5-15(14)17/h2-3,5-6,12-13,16,18-19,21,28,32H,4,7-11,26H2,1H3,(H2,27,33)(H,29,34)(H,30,35)(H,37,38). The number of likely N-dealkylation sites (tertiary alicyclic amines) is 1. The number of aromatic nitrogens is 1. The van der Waals surface area contributed by atoms with Crippen molar-refractivity contribution < 1.29 is 34.2 Å². The molecule has 0 bridgehead atoms. The van der Waals surface area contributed by atoms with Gasteiger partial charge >= 0.3 is 5.97 Å². The normalized spacial score (nSPS) is 18.4. The maximum absolute atomic E-state index is 13.4. The molecule has 13 heteroatoms. The summed E-state index contributed by atoms with van der Waals surface area (Å²) in [6, 6.07) is 2.55. The number of aliphatic hydroxyl groups is 1. The number of fused-ring (bicyclic) bond motifs is 1. The monoisotopic (exact) mass is 530 g/mol. The molecule has 9 N–H and O–H groups in total. The van der Waals surface area contributed by atoms with Crippen molar-refractivity contribution in [1.82, 2.24) is 20.5 Å². The van der Waals surface area contributed by atoms with Crippen LogP contribution in [-0.4, -0.2) is 86.5 Å². The first-order chi connectivity index (χ1) is 18.0. The summed E-state index contributed by atoms with van der Waals surface area (Å²) in [4.78, 5) is 66.3. The van der Waals surface area contributed by atoms with E-state index in [9.17, 15) is 34.2 Å². The number of benzene rings is 1. The molecule has 0 saturated carbocycles. The van der Waals surface area contributed by atoms with Crippen LogP contribution in [-0.2, 0) is 30.4 Å². The Labute approximate surface area is 218 Å². The van der Waals surface area contributed by atoms with Gasteiger partial charge in [-0.2, -0.15) is 0 Å². The van der Waals surface area contributed by atoms with E-state index in [1.807, 2.05) is 24.3 Å². The van der Waals surface area contributed by atoms with Crippen molar-refractivity contribution in [3.63, 3.8) is 0 Å². The molecular weight excluding hydrogens is 496 g/mol. The largest absolute Gasteiger partial charge is 0.480 e. The van der Waals surface area contributed by atoms with Gasteiger partial charge in [-0.15, -0.1) is 0 Å². The third-order valence-corrected chi connectivity index (χ3v) is 6.64. The minimum Gasteiger partial charge on any atom is -0.480 e. The molecule has 5 unspecified atom stereocenters. The third-order valence-electron chi connectivity index (χ3n) is 6.64. The molecule has 1 aliphatic heterocycles. The summed E-state index contributed by atoms with van der Waals surface area (Å²) in [5, 5.41) is 25.7. The number of para-hydroxylation sites is 1. The molecule has 1 aromatic carbocycles. The molecule has 2 heterocycles. The van der Waals surface area contributed by atoms with Crippen molar-refractivity contribution in [3.8, 4) is 0 Å². The Balaban J connectivity index is 1.83. The quantitative estimate of drug-likeness (QED) is 0.175. The SMILES string of the molecule is CC(O)C(NC(=O)C(Cc1c[nH]c2ccccc12)NC(=O)C(N)CCC(N)=O)C(=O)N1CCCC1C(=O)O. The van der Waals surface area contributed by atoms with Crippen LogP contribution in [0.2, 0.25) is 0 Å². The first-order valence-electron chi connectivity index (χ1n) is 12.4. The van der Waals surface area contributed by atoms with Gasteiger partial charge in [0.1, 0.15) is 18.1 Å². The van der Waals surface area contributed by atoms with Crippen molar-refractivity contribution in [2.75, 3.05) is 6.54 Å². The molecule has 38 heavy (non-hydrogen) atoms. The molecule has 13 nitrogen and oxygen atoms in total. The number of carboxylic acid groups (broad SMARTS) is 1. The zero-order valence-electron chi connectivity index (χ0n) is 21.1. The van der Waals surface area contributed by atoms with Gasteiger partial charge in [-0.25, -0.2) is 4.79 Å². The summed E-state index contributed by atoms with van der Waals surface area (Å²) in [6.07, 6.45) is 0.977. The zero-order valence-corrected chi connectivity index (χ0v) is 21.1. The van der Waals surface area contributed by atoms with Gasteiger partial charge in [-0.1, -0.05) is 18.2 Å². The third kappa shape index (κ3) is 6.86. The van der Waals surface area contributed by atoms with E-state index in [0.717, 1.165) is 15.8 Å². The van der Waals surface area contributed by atoms with Gasteiger partial charge in [-0.3, -0.25) is 19.2 Å². The predicted octanol–water partition coefficient (Wildman–Crippen LogP) is -1.27. The Kier molecular flexibility index (Phi) is 9.42. The molecule has 1 aromatic heterocycles. The van der Waals surface area contributed by atoms with Crippen molar-refractivity contribution in [1.29, 1.82) is 0 Å². The van der Waals surface area contributed by atoms with E-state index in [-0.39, 0.29) is 32.2 Å². The van der Waals surface area contributed by atoms with Crippen molar-refractivity contribution in [2.45, 2.75) is 69.3 Å². The number of primary amides is 1. The number of carbonyl (C=O) groups excluding carboxylic acids is 4. The van der Waals surface area contributed by atoms with E-state index in [2.05, 4.69) is 15.6 Å². The predicted molar refractivity (Wildman–Crippen MR) is 136 cm³/mol. The Hall–Kier alpha value is -3.97. The van der Waals surface area contributed by atoms with Gasteiger partial charge in [-0.05, 0) is 37.8 Å². The van der Waals surface area contributed by atoms with Crippen LogP contribution in [0.5, 0.6) is 0 Å².